The third-order valence-electron chi connectivity index (χ3n) is 5.57. The van der Waals surface area contributed by atoms with Crippen LogP contribution in [0.2, 0.25) is 0 Å². The van der Waals surface area contributed by atoms with Gasteiger partial charge < -0.3 is 16.8 Å². The van der Waals surface area contributed by atoms with Crippen LogP contribution in [0.4, 0.5) is 43.7 Å². The molecule has 0 atom stereocenters. The van der Waals surface area contributed by atoms with Crippen LogP contribution in [0.1, 0.15) is 26.2 Å². The van der Waals surface area contributed by atoms with Crippen LogP contribution >= 0.6 is 0 Å². The minimum Gasteiger partial charge on any atom is -0.382 e. The van der Waals surface area contributed by atoms with Gasteiger partial charge in [-0.25, -0.2) is 24.0 Å². The Balaban J connectivity index is 1.71. The largest absolute Gasteiger partial charge is 0.453 e. The molecular formula is C19H18F6N8O. The molecule has 1 aliphatic rings. The van der Waals surface area contributed by atoms with E-state index in [0.717, 1.165) is 16.9 Å². The third kappa shape index (κ3) is 4.17. The zero-order chi connectivity index (χ0) is 25.1. The highest BCUT2D eigenvalue weighted by molar-refractivity contribution is 6.01. The molecule has 1 aliphatic carbocycles. The van der Waals surface area contributed by atoms with Gasteiger partial charge in [0.05, 0.1) is 11.6 Å². The topological polar surface area (TPSA) is 138 Å². The van der Waals surface area contributed by atoms with Crippen LogP contribution in [0.5, 0.6) is 0 Å². The van der Waals surface area contributed by atoms with Crippen molar-refractivity contribution in [2.75, 3.05) is 16.8 Å². The number of amides is 1. The monoisotopic (exact) mass is 488 g/mol. The Morgan fingerprint density at radius 2 is 1.79 bits per heavy atom. The Hall–Kier alpha value is -3.65. The quantitative estimate of drug-likeness (QED) is 0.452. The molecule has 0 spiro atoms. The van der Waals surface area contributed by atoms with E-state index >= 15 is 0 Å². The highest BCUT2D eigenvalue weighted by atomic mass is 19.4. The molecule has 0 aliphatic heterocycles. The van der Waals surface area contributed by atoms with Crippen molar-refractivity contribution in [1.82, 2.24) is 24.7 Å². The summed E-state index contributed by atoms with van der Waals surface area (Å²) in [7, 11) is 0. The molecule has 3 aromatic rings. The zero-order valence-electron chi connectivity index (χ0n) is 17.5. The maximum Gasteiger partial charge on any atom is 0.453 e. The third-order valence-corrected chi connectivity index (χ3v) is 5.57. The molecule has 4 rings (SSSR count). The SMILES string of the molecule is CC1(C(=O)Nc2c(N)nc(-c3nn(CCC(F)(F)C(F)(F)F)c4ncc(F)cc34)nc2N)CC1. The van der Waals surface area contributed by atoms with Gasteiger partial charge in [-0.3, -0.25) is 4.79 Å². The molecule has 15 heteroatoms. The van der Waals surface area contributed by atoms with E-state index in [1.807, 2.05) is 0 Å². The van der Waals surface area contributed by atoms with Gasteiger partial charge in [-0.15, -0.1) is 0 Å². The predicted octanol–water partition coefficient (Wildman–Crippen LogP) is 3.52. The molecule has 3 aromatic heterocycles. The molecule has 1 amide bonds. The van der Waals surface area contributed by atoms with Crippen molar-refractivity contribution >= 4 is 34.3 Å². The number of alkyl halides is 5. The Morgan fingerprint density at radius 1 is 1.18 bits per heavy atom. The fourth-order valence-corrected chi connectivity index (χ4v) is 3.15. The van der Waals surface area contributed by atoms with Crippen LogP contribution in [0.25, 0.3) is 22.6 Å². The lowest BCUT2D eigenvalue weighted by Gasteiger charge is -2.19. The highest BCUT2D eigenvalue weighted by Gasteiger charge is 2.56. The number of nitrogens with two attached hydrogens (primary N) is 2. The number of pyridine rings is 1. The minimum absolute atomic E-state index is 0.0419. The van der Waals surface area contributed by atoms with Crippen LogP contribution < -0.4 is 16.8 Å². The Morgan fingerprint density at radius 3 is 2.35 bits per heavy atom. The second-order valence-corrected chi connectivity index (χ2v) is 8.26. The first-order chi connectivity index (χ1) is 15.7. The van der Waals surface area contributed by atoms with Crippen LogP contribution in [0.3, 0.4) is 0 Å². The Labute approximate surface area is 187 Å². The number of nitrogen functional groups attached to an aromatic ring is 2. The number of nitrogens with one attached hydrogen (secondary N) is 1. The van der Waals surface area contributed by atoms with Crippen molar-refractivity contribution in [2.45, 2.75) is 44.8 Å². The summed E-state index contributed by atoms with van der Waals surface area (Å²) in [6, 6.07) is 0.947. The summed E-state index contributed by atoms with van der Waals surface area (Å²) in [6.07, 6.45) is -5.24. The van der Waals surface area contributed by atoms with Crippen molar-refractivity contribution in [3.63, 3.8) is 0 Å². The molecule has 182 valence electrons. The Bertz CT molecular complexity index is 1260. The van der Waals surface area contributed by atoms with Crippen LogP contribution in [-0.4, -0.2) is 42.7 Å². The van der Waals surface area contributed by atoms with E-state index in [1.165, 1.54) is 0 Å². The summed E-state index contributed by atoms with van der Waals surface area (Å²) in [5.74, 6) is -6.87. The van der Waals surface area contributed by atoms with Gasteiger partial charge in [0.15, 0.2) is 23.1 Å². The number of rotatable bonds is 6. The zero-order valence-corrected chi connectivity index (χ0v) is 17.5. The van der Waals surface area contributed by atoms with Gasteiger partial charge in [-0.1, -0.05) is 6.92 Å². The normalized spacial score (nSPS) is 15.5. The van der Waals surface area contributed by atoms with E-state index < -0.39 is 36.3 Å². The number of aryl methyl sites for hydroxylation is 1. The van der Waals surface area contributed by atoms with Gasteiger partial charge in [-0.05, 0) is 18.9 Å². The standard InChI is InChI=1S/C19H18F6N8O/c1-17(2-3-17)16(34)29-11-12(26)30-14(31-13(11)27)10-9-6-8(20)7-28-15(9)33(32-10)5-4-18(21,22)19(23,24)25/h6-7H,2-5H2,1H3,(H,29,34)(H4,26,27,30,31). The lowest BCUT2D eigenvalue weighted by molar-refractivity contribution is -0.285. The number of carbonyl (C=O) groups excluding carboxylic acids is 1. The molecule has 1 fully saturated rings. The predicted molar refractivity (Wildman–Crippen MR) is 109 cm³/mol. The maximum absolute atomic E-state index is 13.9. The van der Waals surface area contributed by atoms with Crippen LogP contribution in [0, 0.1) is 11.2 Å². The average molecular weight is 488 g/mol. The maximum atomic E-state index is 13.9. The van der Waals surface area contributed by atoms with Crippen LogP contribution in [-0.2, 0) is 11.3 Å². The molecule has 1 saturated carbocycles. The second-order valence-electron chi connectivity index (χ2n) is 8.26. The van der Waals surface area contributed by atoms with Gasteiger partial charge in [0.25, 0.3) is 0 Å². The highest BCUT2D eigenvalue weighted by Crippen LogP contribution is 2.46. The van der Waals surface area contributed by atoms with Gasteiger partial charge in [-0.2, -0.15) is 27.1 Å². The average Bonchev–Trinajstić information content (AvgIpc) is 3.38. The van der Waals surface area contributed by atoms with E-state index in [1.54, 1.807) is 6.92 Å². The van der Waals surface area contributed by atoms with Gasteiger partial charge >= 0.3 is 12.1 Å². The molecule has 0 saturated heterocycles. The van der Waals surface area contributed by atoms with Crippen LogP contribution in [0.15, 0.2) is 12.3 Å². The molecule has 0 aromatic carbocycles. The number of nitrogens with zero attached hydrogens (tertiary/aromatic N) is 5. The molecule has 0 radical (unpaired) electrons. The number of aromatic nitrogens is 5. The fraction of sp³-hybridized carbons (Fsp3) is 0.421. The molecular weight excluding hydrogens is 470 g/mol. The first-order valence-electron chi connectivity index (χ1n) is 9.93. The summed E-state index contributed by atoms with van der Waals surface area (Å²) >= 11 is 0. The van der Waals surface area contributed by atoms with Crippen molar-refractivity contribution in [3.05, 3.63) is 18.1 Å². The number of halogens is 6. The Kier molecular flexibility index (Phi) is 5.32. The summed E-state index contributed by atoms with van der Waals surface area (Å²) in [6.45, 7) is 0.867. The van der Waals surface area contributed by atoms with E-state index in [-0.39, 0.29) is 45.8 Å². The van der Waals surface area contributed by atoms with Crippen molar-refractivity contribution in [3.8, 4) is 11.5 Å². The van der Waals surface area contributed by atoms with E-state index in [2.05, 4.69) is 25.4 Å². The number of fused-ring (bicyclic) bond motifs is 1. The molecule has 0 bridgehead atoms. The molecule has 9 nitrogen and oxygen atoms in total. The van der Waals surface area contributed by atoms with E-state index in [0.29, 0.717) is 12.8 Å². The first-order valence-corrected chi connectivity index (χ1v) is 9.93. The first kappa shape index (κ1) is 23.5. The smallest absolute Gasteiger partial charge is 0.382 e. The lowest BCUT2D eigenvalue weighted by Crippen LogP contribution is -2.37. The molecule has 5 N–H and O–H groups in total. The summed E-state index contributed by atoms with van der Waals surface area (Å²) in [4.78, 5) is 24.1. The number of hydrogen-bond donors (Lipinski definition) is 3. The summed E-state index contributed by atoms with van der Waals surface area (Å²) in [5, 5.41) is 6.47. The number of anilines is 3. The van der Waals surface area contributed by atoms with Crippen molar-refractivity contribution in [2.24, 2.45) is 5.41 Å². The summed E-state index contributed by atoms with van der Waals surface area (Å²) in [5.41, 5.74) is 10.9. The second kappa shape index (κ2) is 7.70. The van der Waals surface area contributed by atoms with Crippen molar-refractivity contribution in [1.29, 1.82) is 0 Å². The van der Waals surface area contributed by atoms with Gasteiger partial charge in [0.1, 0.15) is 17.2 Å². The molecule has 3 heterocycles. The molecule has 34 heavy (non-hydrogen) atoms. The lowest BCUT2D eigenvalue weighted by atomic mass is 10.1. The van der Waals surface area contributed by atoms with E-state index in [9.17, 15) is 31.1 Å². The number of carbonyl (C=O) groups is 1. The van der Waals surface area contributed by atoms with E-state index in [4.69, 9.17) is 11.5 Å². The van der Waals surface area contributed by atoms with Gasteiger partial charge in [0, 0.05) is 18.4 Å². The minimum atomic E-state index is -5.75. The summed E-state index contributed by atoms with van der Waals surface area (Å²) < 4.78 is 79.1. The van der Waals surface area contributed by atoms with Crippen molar-refractivity contribution < 1.29 is 31.1 Å². The van der Waals surface area contributed by atoms with Gasteiger partial charge in [0.2, 0.25) is 5.91 Å². The number of hydrogen-bond acceptors (Lipinski definition) is 7. The molecule has 0 unspecified atom stereocenters. The fourth-order valence-electron chi connectivity index (χ4n) is 3.15.